The Morgan fingerprint density at radius 3 is 2.61 bits per heavy atom. The zero-order valence-corrected chi connectivity index (χ0v) is 13.6. The molecule has 0 aliphatic carbocycles. The number of carbonyl (C=O) groups excluding carboxylic acids is 1. The molecule has 5 nitrogen and oxygen atoms in total. The third kappa shape index (κ3) is 4.81. The fourth-order valence-corrected chi connectivity index (χ4v) is 2.24. The summed E-state index contributed by atoms with van der Waals surface area (Å²) >= 11 is 0. The van der Waals surface area contributed by atoms with E-state index in [0.717, 1.165) is 17.0 Å². The monoisotopic (exact) mass is 320 g/mol. The molecule has 0 radical (unpaired) electrons. The number of aromatic nitrogens is 1. The van der Waals surface area contributed by atoms with E-state index in [2.05, 4.69) is 5.16 Å². The van der Waals surface area contributed by atoms with Crippen LogP contribution in [-0.4, -0.2) is 36.2 Å². The van der Waals surface area contributed by atoms with Gasteiger partial charge in [-0.2, -0.15) is 0 Å². The molecule has 0 saturated carbocycles. The van der Waals surface area contributed by atoms with Gasteiger partial charge in [-0.1, -0.05) is 5.16 Å². The molecule has 0 aliphatic heterocycles. The summed E-state index contributed by atoms with van der Waals surface area (Å²) in [5, 5.41) is 3.88. The third-order valence-corrected chi connectivity index (χ3v) is 3.70. The second-order valence-corrected chi connectivity index (χ2v) is 5.42. The summed E-state index contributed by atoms with van der Waals surface area (Å²) in [6.07, 6.45) is 1.01. The first-order chi connectivity index (χ1) is 11.0. The van der Waals surface area contributed by atoms with Crippen LogP contribution < -0.4 is 4.74 Å². The standard InChI is InChI=1S/C17H21FN2O3/c1-12-16(13(2)23-19-12)8-9-17(21)20(3)10-11-22-15-6-4-14(18)5-7-15/h4-7H,8-11H2,1-3H3. The van der Waals surface area contributed by atoms with Crippen LogP contribution in [0.1, 0.15) is 23.4 Å². The van der Waals surface area contributed by atoms with Crippen LogP contribution in [0.3, 0.4) is 0 Å². The largest absolute Gasteiger partial charge is 0.492 e. The number of carbonyl (C=O) groups is 1. The predicted octanol–water partition coefficient (Wildman–Crippen LogP) is 2.90. The number of hydrogen-bond donors (Lipinski definition) is 0. The van der Waals surface area contributed by atoms with Gasteiger partial charge in [-0.05, 0) is 44.5 Å². The van der Waals surface area contributed by atoms with Crippen molar-refractivity contribution in [3.63, 3.8) is 0 Å². The van der Waals surface area contributed by atoms with Crippen LogP contribution in [0.2, 0.25) is 0 Å². The van der Waals surface area contributed by atoms with Crippen molar-refractivity contribution in [3.8, 4) is 5.75 Å². The van der Waals surface area contributed by atoms with Crippen molar-refractivity contribution in [2.75, 3.05) is 20.2 Å². The van der Waals surface area contributed by atoms with Gasteiger partial charge in [-0.15, -0.1) is 0 Å². The Kier molecular flexibility index (Phi) is 5.73. The van der Waals surface area contributed by atoms with Crippen molar-refractivity contribution in [2.24, 2.45) is 0 Å². The van der Waals surface area contributed by atoms with E-state index in [0.29, 0.717) is 31.7 Å². The molecule has 0 spiro atoms. The summed E-state index contributed by atoms with van der Waals surface area (Å²) in [6.45, 7) is 4.55. The molecule has 0 atom stereocenters. The van der Waals surface area contributed by atoms with E-state index in [1.807, 2.05) is 13.8 Å². The van der Waals surface area contributed by atoms with E-state index in [4.69, 9.17) is 9.26 Å². The highest BCUT2D eigenvalue weighted by Crippen LogP contribution is 2.15. The average Bonchev–Trinajstić information content (AvgIpc) is 2.85. The zero-order chi connectivity index (χ0) is 16.8. The highest BCUT2D eigenvalue weighted by atomic mass is 19.1. The molecule has 124 valence electrons. The van der Waals surface area contributed by atoms with Gasteiger partial charge in [0.25, 0.3) is 0 Å². The van der Waals surface area contributed by atoms with Crippen LogP contribution in [0.4, 0.5) is 4.39 Å². The first kappa shape index (κ1) is 17.0. The lowest BCUT2D eigenvalue weighted by molar-refractivity contribution is -0.130. The molecular formula is C17H21FN2O3. The molecule has 23 heavy (non-hydrogen) atoms. The minimum Gasteiger partial charge on any atom is -0.492 e. The van der Waals surface area contributed by atoms with Crippen LogP contribution in [0.25, 0.3) is 0 Å². The Hall–Kier alpha value is -2.37. The molecule has 2 rings (SSSR count). The van der Waals surface area contributed by atoms with Crippen LogP contribution in [0.5, 0.6) is 5.75 Å². The van der Waals surface area contributed by atoms with Gasteiger partial charge in [-0.25, -0.2) is 4.39 Å². The van der Waals surface area contributed by atoms with Crippen molar-refractivity contribution in [3.05, 3.63) is 47.1 Å². The summed E-state index contributed by atoms with van der Waals surface area (Å²) in [4.78, 5) is 13.7. The van der Waals surface area contributed by atoms with Gasteiger partial charge in [0, 0.05) is 19.0 Å². The maximum atomic E-state index is 12.8. The summed E-state index contributed by atoms with van der Waals surface area (Å²) in [7, 11) is 1.74. The summed E-state index contributed by atoms with van der Waals surface area (Å²) < 4.78 is 23.4. The second kappa shape index (κ2) is 7.76. The van der Waals surface area contributed by atoms with Gasteiger partial charge in [0.15, 0.2) is 0 Å². The molecule has 0 bridgehead atoms. The average molecular weight is 320 g/mol. The SMILES string of the molecule is Cc1noc(C)c1CCC(=O)N(C)CCOc1ccc(F)cc1. The molecule has 6 heteroatoms. The number of rotatable bonds is 7. The van der Waals surface area contributed by atoms with Crippen LogP contribution in [0, 0.1) is 19.7 Å². The Morgan fingerprint density at radius 2 is 2.00 bits per heavy atom. The van der Waals surface area contributed by atoms with Crippen molar-refractivity contribution in [2.45, 2.75) is 26.7 Å². The first-order valence-electron chi connectivity index (χ1n) is 7.51. The lowest BCUT2D eigenvalue weighted by Crippen LogP contribution is -2.31. The molecule has 0 fully saturated rings. The van der Waals surface area contributed by atoms with E-state index in [1.165, 1.54) is 12.1 Å². The lowest BCUT2D eigenvalue weighted by atomic mass is 10.1. The van der Waals surface area contributed by atoms with Crippen LogP contribution in [0.15, 0.2) is 28.8 Å². The summed E-state index contributed by atoms with van der Waals surface area (Å²) in [5.41, 5.74) is 1.83. The number of hydrogen-bond acceptors (Lipinski definition) is 4. The fraction of sp³-hybridized carbons (Fsp3) is 0.412. The number of likely N-dealkylation sites (N-methyl/N-ethyl adjacent to an activating group) is 1. The smallest absolute Gasteiger partial charge is 0.222 e. The van der Waals surface area contributed by atoms with Gasteiger partial charge in [0.2, 0.25) is 5.91 Å². The number of halogens is 1. The highest BCUT2D eigenvalue weighted by Gasteiger charge is 2.13. The predicted molar refractivity (Wildman–Crippen MR) is 83.8 cm³/mol. The number of benzene rings is 1. The van der Waals surface area contributed by atoms with E-state index in [9.17, 15) is 9.18 Å². The quantitative estimate of drug-likeness (QED) is 0.787. The van der Waals surface area contributed by atoms with Crippen LogP contribution in [-0.2, 0) is 11.2 Å². The normalized spacial score (nSPS) is 10.6. The lowest BCUT2D eigenvalue weighted by Gasteiger charge is -2.17. The Bertz CT molecular complexity index is 633. The molecular weight excluding hydrogens is 299 g/mol. The molecule has 1 amide bonds. The first-order valence-corrected chi connectivity index (χ1v) is 7.51. The third-order valence-electron chi connectivity index (χ3n) is 3.70. The van der Waals surface area contributed by atoms with Gasteiger partial charge in [0.05, 0.1) is 12.2 Å². The molecule has 1 aromatic carbocycles. The number of nitrogens with zero attached hydrogens (tertiary/aromatic N) is 2. The molecule has 0 aliphatic rings. The van der Waals surface area contributed by atoms with E-state index in [-0.39, 0.29) is 11.7 Å². The maximum Gasteiger partial charge on any atom is 0.222 e. The Labute approximate surface area is 135 Å². The minimum atomic E-state index is -0.302. The molecule has 1 heterocycles. The van der Waals surface area contributed by atoms with Gasteiger partial charge in [-0.3, -0.25) is 4.79 Å². The Morgan fingerprint density at radius 1 is 1.30 bits per heavy atom. The molecule has 0 saturated heterocycles. The van der Waals surface area contributed by atoms with E-state index >= 15 is 0 Å². The number of ether oxygens (including phenoxy) is 1. The molecule has 0 N–H and O–H groups in total. The molecule has 0 unspecified atom stereocenters. The van der Waals surface area contributed by atoms with Crippen molar-refractivity contribution >= 4 is 5.91 Å². The summed E-state index contributed by atoms with van der Waals surface area (Å²) in [6, 6.07) is 5.81. The zero-order valence-electron chi connectivity index (χ0n) is 13.6. The van der Waals surface area contributed by atoms with Gasteiger partial charge in [0.1, 0.15) is 23.9 Å². The topological polar surface area (TPSA) is 55.6 Å². The van der Waals surface area contributed by atoms with Crippen molar-refractivity contribution in [1.29, 1.82) is 0 Å². The minimum absolute atomic E-state index is 0.0349. The van der Waals surface area contributed by atoms with Crippen molar-refractivity contribution in [1.82, 2.24) is 10.1 Å². The van der Waals surface area contributed by atoms with Crippen molar-refractivity contribution < 1.29 is 18.4 Å². The molecule has 2 aromatic rings. The fourth-order valence-electron chi connectivity index (χ4n) is 2.24. The van der Waals surface area contributed by atoms with E-state index in [1.54, 1.807) is 24.1 Å². The van der Waals surface area contributed by atoms with Gasteiger partial charge < -0.3 is 14.2 Å². The summed E-state index contributed by atoms with van der Waals surface area (Å²) in [5.74, 6) is 1.08. The van der Waals surface area contributed by atoms with E-state index < -0.39 is 0 Å². The van der Waals surface area contributed by atoms with Gasteiger partial charge >= 0.3 is 0 Å². The highest BCUT2D eigenvalue weighted by molar-refractivity contribution is 5.76. The Balaban J connectivity index is 1.73. The number of amides is 1. The van der Waals surface area contributed by atoms with Crippen LogP contribution >= 0.6 is 0 Å². The molecule has 1 aromatic heterocycles. The second-order valence-electron chi connectivity index (χ2n) is 5.42. The number of aryl methyl sites for hydroxylation is 2. The maximum absolute atomic E-state index is 12.8.